The van der Waals surface area contributed by atoms with Crippen molar-refractivity contribution < 1.29 is 9.18 Å². The summed E-state index contributed by atoms with van der Waals surface area (Å²) in [7, 11) is 1.74. The van der Waals surface area contributed by atoms with Gasteiger partial charge in [-0.25, -0.2) is 4.39 Å². The molecule has 0 bridgehead atoms. The van der Waals surface area contributed by atoms with Crippen LogP contribution in [0.25, 0.3) is 11.3 Å². The van der Waals surface area contributed by atoms with E-state index in [1.807, 2.05) is 0 Å². The first-order valence-corrected chi connectivity index (χ1v) is 7.39. The molecule has 116 valence electrons. The van der Waals surface area contributed by atoms with Crippen LogP contribution in [0.5, 0.6) is 0 Å². The molecule has 1 aromatic carbocycles. The zero-order chi connectivity index (χ0) is 16.2. The fourth-order valence-corrected chi connectivity index (χ4v) is 3.84. The average Bonchev–Trinajstić information content (AvgIpc) is 2.89. The van der Waals surface area contributed by atoms with Crippen LogP contribution in [0.3, 0.4) is 0 Å². The summed E-state index contributed by atoms with van der Waals surface area (Å²) in [5, 5.41) is 4.38. The Labute approximate surface area is 129 Å². The molecule has 0 spiro atoms. The average molecular weight is 301 g/mol. The van der Waals surface area contributed by atoms with Crippen molar-refractivity contribution in [2.75, 3.05) is 0 Å². The number of aromatic nitrogens is 2. The molecule has 5 heteroatoms. The molecule has 1 atom stereocenters. The molecule has 0 saturated heterocycles. The van der Waals surface area contributed by atoms with E-state index in [0.29, 0.717) is 11.3 Å². The molecule has 2 aromatic rings. The lowest BCUT2D eigenvalue weighted by Crippen LogP contribution is -2.14. The Balaban J connectivity index is 2.32. The molecule has 0 fully saturated rings. The van der Waals surface area contributed by atoms with Crippen molar-refractivity contribution >= 4 is 5.91 Å². The molecule has 4 nitrogen and oxygen atoms in total. The van der Waals surface area contributed by atoms with Gasteiger partial charge < -0.3 is 5.73 Å². The second kappa shape index (κ2) is 4.66. The van der Waals surface area contributed by atoms with E-state index in [2.05, 4.69) is 25.9 Å². The van der Waals surface area contributed by atoms with E-state index < -0.39 is 5.91 Å². The number of hydrogen-bond donors (Lipinski definition) is 1. The van der Waals surface area contributed by atoms with E-state index in [1.54, 1.807) is 24.0 Å². The summed E-state index contributed by atoms with van der Waals surface area (Å²) in [6, 6.07) is 3.17. The molecule has 1 aliphatic rings. The highest BCUT2D eigenvalue weighted by Crippen LogP contribution is 2.50. The van der Waals surface area contributed by atoms with Crippen LogP contribution < -0.4 is 5.73 Å². The molecular formula is C17H20FN3O. The van der Waals surface area contributed by atoms with Crippen LogP contribution in [0.4, 0.5) is 4.39 Å². The summed E-state index contributed by atoms with van der Waals surface area (Å²) in [5.41, 5.74) is 8.64. The van der Waals surface area contributed by atoms with E-state index in [-0.39, 0.29) is 17.2 Å². The lowest BCUT2D eigenvalue weighted by molar-refractivity contribution is 0.100. The highest BCUT2D eigenvalue weighted by atomic mass is 19.1. The van der Waals surface area contributed by atoms with E-state index in [1.165, 1.54) is 6.07 Å². The van der Waals surface area contributed by atoms with Gasteiger partial charge in [-0.15, -0.1) is 0 Å². The van der Waals surface area contributed by atoms with Gasteiger partial charge in [0.15, 0.2) is 0 Å². The normalized spacial score (nSPS) is 19.2. The minimum absolute atomic E-state index is 0.190. The Bertz CT molecular complexity index is 776. The van der Waals surface area contributed by atoms with Gasteiger partial charge in [-0.05, 0) is 41.0 Å². The number of benzene rings is 1. The predicted octanol–water partition coefficient (Wildman–Crippen LogP) is 3.11. The van der Waals surface area contributed by atoms with Crippen molar-refractivity contribution in [3.05, 3.63) is 40.8 Å². The van der Waals surface area contributed by atoms with Crippen LogP contribution in [0.15, 0.2) is 18.3 Å². The van der Waals surface area contributed by atoms with Crippen molar-refractivity contribution in [3.8, 4) is 11.3 Å². The molecule has 0 unspecified atom stereocenters. The molecule has 2 N–H and O–H groups in total. The topological polar surface area (TPSA) is 60.9 Å². The highest BCUT2D eigenvalue weighted by molar-refractivity contribution is 5.99. The van der Waals surface area contributed by atoms with Crippen molar-refractivity contribution in [1.82, 2.24) is 9.78 Å². The zero-order valence-corrected chi connectivity index (χ0v) is 13.3. The first-order chi connectivity index (χ1) is 10.2. The molecular weight excluding hydrogens is 281 g/mol. The van der Waals surface area contributed by atoms with Crippen molar-refractivity contribution in [2.45, 2.75) is 38.5 Å². The SMILES string of the molecule is C[C@@H]1CC(C)(C)c2c(F)ccc(-c3nn(C)cc3C(N)=O)c21. The number of aryl methyl sites for hydroxylation is 1. The van der Waals surface area contributed by atoms with Gasteiger partial charge >= 0.3 is 0 Å². The largest absolute Gasteiger partial charge is 0.365 e. The maximum absolute atomic E-state index is 14.4. The molecule has 0 radical (unpaired) electrons. The van der Waals surface area contributed by atoms with Gasteiger partial charge in [0.05, 0.1) is 5.56 Å². The van der Waals surface area contributed by atoms with Crippen molar-refractivity contribution in [3.63, 3.8) is 0 Å². The standard InChI is InChI=1S/C17H20FN3O/c1-9-7-17(2,3)14-12(18)6-5-10(13(9)14)15-11(16(19)22)8-21(4)20-15/h5-6,8-9H,7H2,1-4H3,(H2,19,22)/t9-/m1/s1. The van der Waals surface area contributed by atoms with Gasteiger partial charge in [0.1, 0.15) is 11.5 Å². The maximum Gasteiger partial charge on any atom is 0.252 e. The minimum Gasteiger partial charge on any atom is -0.365 e. The first kappa shape index (κ1) is 14.8. The summed E-state index contributed by atoms with van der Waals surface area (Å²) < 4.78 is 16.0. The summed E-state index contributed by atoms with van der Waals surface area (Å²) in [6.07, 6.45) is 2.48. The van der Waals surface area contributed by atoms with Gasteiger partial charge in [-0.3, -0.25) is 9.48 Å². The fraction of sp³-hybridized carbons (Fsp3) is 0.412. The van der Waals surface area contributed by atoms with Crippen LogP contribution in [-0.4, -0.2) is 15.7 Å². The Kier molecular flexibility index (Phi) is 3.13. The molecule has 1 aliphatic carbocycles. The van der Waals surface area contributed by atoms with Crippen LogP contribution in [-0.2, 0) is 12.5 Å². The maximum atomic E-state index is 14.4. The zero-order valence-electron chi connectivity index (χ0n) is 13.3. The number of rotatable bonds is 2. The number of hydrogen-bond acceptors (Lipinski definition) is 2. The third kappa shape index (κ3) is 2.03. The summed E-state index contributed by atoms with van der Waals surface area (Å²) in [4.78, 5) is 11.7. The molecule has 22 heavy (non-hydrogen) atoms. The smallest absolute Gasteiger partial charge is 0.252 e. The van der Waals surface area contributed by atoms with Gasteiger partial charge in [0.25, 0.3) is 5.91 Å². The van der Waals surface area contributed by atoms with Crippen LogP contribution in [0.2, 0.25) is 0 Å². The fourth-order valence-electron chi connectivity index (χ4n) is 3.84. The van der Waals surface area contributed by atoms with E-state index in [4.69, 9.17) is 5.73 Å². The Morgan fingerprint density at radius 1 is 1.45 bits per heavy atom. The second-order valence-corrected chi connectivity index (χ2v) is 6.80. The predicted molar refractivity (Wildman–Crippen MR) is 83.2 cm³/mol. The monoisotopic (exact) mass is 301 g/mol. The molecule has 0 saturated carbocycles. The molecule has 1 heterocycles. The van der Waals surface area contributed by atoms with Crippen LogP contribution >= 0.6 is 0 Å². The molecule has 1 aromatic heterocycles. The van der Waals surface area contributed by atoms with Crippen LogP contribution in [0, 0.1) is 5.82 Å². The van der Waals surface area contributed by atoms with E-state index >= 15 is 0 Å². The van der Waals surface area contributed by atoms with Gasteiger partial charge in [0, 0.05) is 18.8 Å². The minimum atomic E-state index is -0.522. The quantitative estimate of drug-likeness (QED) is 0.926. The lowest BCUT2D eigenvalue weighted by Gasteiger charge is -2.20. The number of halogens is 1. The Morgan fingerprint density at radius 3 is 2.77 bits per heavy atom. The van der Waals surface area contributed by atoms with Gasteiger partial charge in [0.2, 0.25) is 0 Å². The van der Waals surface area contributed by atoms with Gasteiger partial charge in [-0.2, -0.15) is 5.10 Å². The highest BCUT2D eigenvalue weighted by Gasteiger charge is 2.39. The van der Waals surface area contributed by atoms with Gasteiger partial charge in [-0.1, -0.05) is 20.8 Å². The van der Waals surface area contributed by atoms with Crippen LogP contribution in [0.1, 0.15) is 54.6 Å². The number of amides is 1. The third-order valence-electron chi connectivity index (χ3n) is 4.53. The Hall–Kier alpha value is -2.17. The number of fused-ring (bicyclic) bond motifs is 1. The number of carbonyl (C=O) groups is 1. The lowest BCUT2D eigenvalue weighted by atomic mass is 9.85. The molecule has 1 amide bonds. The number of nitrogens with two attached hydrogens (primary N) is 1. The second-order valence-electron chi connectivity index (χ2n) is 6.80. The summed E-state index contributed by atoms with van der Waals surface area (Å²) in [5.74, 6) is -0.505. The van der Waals surface area contributed by atoms with Crippen molar-refractivity contribution in [1.29, 1.82) is 0 Å². The number of carbonyl (C=O) groups excluding carboxylic acids is 1. The molecule has 0 aliphatic heterocycles. The third-order valence-corrected chi connectivity index (χ3v) is 4.53. The first-order valence-electron chi connectivity index (χ1n) is 7.39. The number of primary amides is 1. The number of nitrogens with zero attached hydrogens (tertiary/aromatic N) is 2. The summed E-state index contributed by atoms with van der Waals surface area (Å²) in [6.45, 7) is 6.19. The summed E-state index contributed by atoms with van der Waals surface area (Å²) >= 11 is 0. The van der Waals surface area contributed by atoms with Crippen molar-refractivity contribution in [2.24, 2.45) is 12.8 Å². The Morgan fingerprint density at radius 2 is 2.14 bits per heavy atom. The molecule has 3 rings (SSSR count). The van der Waals surface area contributed by atoms with E-state index in [0.717, 1.165) is 23.1 Å². The van der Waals surface area contributed by atoms with E-state index in [9.17, 15) is 9.18 Å².